The van der Waals surface area contributed by atoms with Crippen molar-refractivity contribution < 1.29 is 0 Å². The van der Waals surface area contributed by atoms with E-state index < -0.39 is 0 Å². The van der Waals surface area contributed by atoms with E-state index in [1.54, 1.807) is 0 Å². The fraction of sp³-hybridized carbons (Fsp3) is 0.382. The number of rotatable bonds is 16. The molecule has 0 unspecified atom stereocenters. The van der Waals surface area contributed by atoms with Crippen molar-refractivity contribution in [2.24, 2.45) is 0 Å². The van der Waals surface area contributed by atoms with E-state index in [1.807, 2.05) is 9.36 Å². The van der Waals surface area contributed by atoms with Crippen LogP contribution < -0.4 is 0 Å². The van der Waals surface area contributed by atoms with Crippen LogP contribution in [0.5, 0.6) is 0 Å². The molecule has 8 aromatic rings. The third kappa shape index (κ3) is 13.1. The van der Waals surface area contributed by atoms with Gasteiger partial charge in [-0.05, 0) is 119 Å². The van der Waals surface area contributed by atoms with Gasteiger partial charge in [-0.25, -0.2) is 0 Å². The van der Waals surface area contributed by atoms with E-state index in [1.165, 1.54) is 44.5 Å². The first-order valence-corrected chi connectivity index (χ1v) is 29.9. The summed E-state index contributed by atoms with van der Waals surface area (Å²) < 4.78 is 4.10. The minimum atomic E-state index is -0.197. The zero-order valence-electron chi connectivity index (χ0n) is 48.7. The van der Waals surface area contributed by atoms with Gasteiger partial charge in [-0.1, -0.05) is 182 Å². The Kier molecular flexibility index (Phi) is 18.4. The van der Waals surface area contributed by atoms with Gasteiger partial charge in [0.25, 0.3) is 0 Å². The van der Waals surface area contributed by atoms with Crippen molar-refractivity contribution in [2.45, 2.75) is 77.5 Å². The monoisotopic (exact) mass is 1090 g/mol. The summed E-state index contributed by atoms with van der Waals surface area (Å²) in [5.41, 5.74) is 11.9. The summed E-state index contributed by atoms with van der Waals surface area (Å²) in [6.45, 7) is 24.8. The van der Waals surface area contributed by atoms with Crippen molar-refractivity contribution in [1.82, 2.24) is 69.8 Å². The standard InChI is InChI=1S/2C34H41N7/c2*1-28-11-9-12-29(2)32(28)41-33(35-36-37-41)34(18-21-39(22-19-34)27-31-15-7-4-8-16-31)40-25-23-38(24-26-40)20-10-17-30-13-5-3-6-14-30/h2*3-17H,18-27H2,1-2H3/b2*17-10+. The van der Waals surface area contributed by atoms with Gasteiger partial charge < -0.3 is 0 Å². The van der Waals surface area contributed by atoms with Crippen LogP contribution in [-0.4, -0.2) is 161 Å². The van der Waals surface area contributed by atoms with Gasteiger partial charge in [0, 0.05) is 105 Å². The molecule has 0 amide bonds. The zero-order chi connectivity index (χ0) is 56.1. The summed E-state index contributed by atoms with van der Waals surface area (Å²) in [5.74, 6) is 1.98. The van der Waals surface area contributed by atoms with Crippen molar-refractivity contribution in [3.63, 3.8) is 0 Å². The van der Waals surface area contributed by atoms with Crippen molar-refractivity contribution in [1.29, 1.82) is 0 Å². The van der Waals surface area contributed by atoms with Crippen molar-refractivity contribution in [2.75, 3.05) is 91.6 Å². The van der Waals surface area contributed by atoms with Gasteiger partial charge in [-0.3, -0.25) is 29.4 Å². The van der Waals surface area contributed by atoms with E-state index in [4.69, 9.17) is 10.2 Å². The average Bonchev–Trinajstić information content (AvgIpc) is 4.27. The fourth-order valence-electron chi connectivity index (χ4n) is 13.3. The summed E-state index contributed by atoms with van der Waals surface area (Å²) in [7, 11) is 0. The Bertz CT molecular complexity index is 3040. The molecule has 0 aliphatic carbocycles. The molecule has 14 nitrogen and oxygen atoms in total. The average molecular weight is 1100 g/mol. The van der Waals surface area contributed by atoms with Crippen LogP contribution in [-0.2, 0) is 24.2 Å². The van der Waals surface area contributed by atoms with Gasteiger partial charge in [0.2, 0.25) is 0 Å². The Balaban J connectivity index is 0.000000172. The van der Waals surface area contributed by atoms with Crippen LogP contribution in [0.25, 0.3) is 23.5 Å². The number of nitrogens with zero attached hydrogens (tertiary/aromatic N) is 14. The first-order valence-electron chi connectivity index (χ1n) is 29.9. The van der Waals surface area contributed by atoms with Crippen LogP contribution in [0.4, 0.5) is 0 Å². The van der Waals surface area contributed by atoms with Gasteiger partial charge in [-0.15, -0.1) is 10.2 Å². The number of benzene rings is 6. The SMILES string of the molecule is Cc1cccc(C)c1-n1nnnc1C1(N2CCN(C/C=C/c3ccccc3)CC2)CCN(Cc2ccccc2)CC1.Cc1cccc(C)c1-n1nnnc1C1(N2CCN(C/C=C/c3ccccc3)CC2)CCN(Cc2ccccc2)CC1. The summed E-state index contributed by atoms with van der Waals surface area (Å²) in [4.78, 5) is 15.7. The van der Waals surface area contributed by atoms with E-state index in [0.29, 0.717) is 0 Å². The van der Waals surface area contributed by atoms with E-state index in [0.717, 1.165) is 153 Å². The van der Waals surface area contributed by atoms with Crippen molar-refractivity contribution in [3.05, 3.63) is 226 Å². The van der Waals surface area contributed by atoms with E-state index in [-0.39, 0.29) is 11.1 Å². The summed E-state index contributed by atoms with van der Waals surface area (Å²) in [5, 5.41) is 27.3. The smallest absolute Gasteiger partial charge is 0.177 e. The maximum absolute atomic E-state index is 4.77. The maximum Gasteiger partial charge on any atom is 0.177 e. The fourth-order valence-corrected chi connectivity index (χ4v) is 13.3. The zero-order valence-corrected chi connectivity index (χ0v) is 48.7. The number of para-hydroxylation sites is 2. The number of piperidine rings is 2. The van der Waals surface area contributed by atoms with Gasteiger partial charge in [-0.2, -0.15) is 9.36 Å². The molecule has 4 fully saturated rings. The van der Waals surface area contributed by atoms with E-state index in [9.17, 15) is 0 Å². The number of piperazine rings is 2. The third-order valence-corrected chi connectivity index (χ3v) is 17.8. The van der Waals surface area contributed by atoms with Crippen molar-refractivity contribution >= 4 is 12.2 Å². The van der Waals surface area contributed by atoms with Crippen LogP contribution >= 0.6 is 0 Å². The second-order valence-electron chi connectivity index (χ2n) is 23.1. The topological polar surface area (TPSA) is 107 Å². The lowest BCUT2D eigenvalue weighted by atomic mass is 9.83. The molecular formula is C68H82N14. The minimum absolute atomic E-state index is 0.197. The molecule has 82 heavy (non-hydrogen) atoms. The predicted molar refractivity (Wildman–Crippen MR) is 329 cm³/mol. The van der Waals surface area contributed by atoms with Gasteiger partial charge >= 0.3 is 0 Å². The molecule has 0 spiro atoms. The highest BCUT2D eigenvalue weighted by Gasteiger charge is 2.48. The minimum Gasteiger partial charge on any atom is -0.299 e. The lowest BCUT2D eigenvalue weighted by Crippen LogP contribution is -2.59. The molecule has 0 radical (unpaired) electrons. The van der Waals surface area contributed by atoms with Gasteiger partial charge in [0.05, 0.1) is 22.5 Å². The van der Waals surface area contributed by atoms with Gasteiger partial charge in [0.1, 0.15) is 0 Å². The lowest BCUT2D eigenvalue weighted by Gasteiger charge is -2.50. The van der Waals surface area contributed by atoms with E-state index >= 15 is 0 Å². The first kappa shape index (κ1) is 56.6. The second-order valence-corrected chi connectivity index (χ2v) is 23.1. The highest BCUT2D eigenvalue weighted by Crippen LogP contribution is 2.42. The normalized spacial score (nSPS) is 18.7. The molecule has 2 aromatic heterocycles. The van der Waals surface area contributed by atoms with Crippen LogP contribution in [0.3, 0.4) is 0 Å². The molecular weight excluding hydrogens is 1010 g/mol. The Morgan fingerprint density at radius 3 is 1.04 bits per heavy atom. The molecule has 6 heterocycles. The number of aryl methyl sites for hydroxylation is 4. The number of hydrogen-bond donors (Lipinski definition) is 0. The summed E-state index contributed by atoms with van der Waals surface area (Å²) in [6, 6.07) is 55.6. The van der Waals surface area contributed by atoms with Crippen LogP contribution in [0.15, 0.2) is 170 Å². The largest absolute Gasteiger partial charge is 0.299 e. The second kappa shape index (κ2) is 26.7. The first-order chi connectivity index (χ1) is 40.2. The highest BCUT2D eigenvalue weighted by molar-refractivity contribution is 5.51. The molecule has 4 aliphatic heterocycles. The van der Waals surface area contributed by atoms with E-state index in [2.05, 4.69) is 260 Å². The summed E-state index contributed by atoms with van der Waals surface area (Å²) >= 11 is 0. The van der Waals surface area contributed by atoms with Crippen LogP contribution in [0.2, 0.25) is 0 Å². The quantitative estimate of drug-likeness (QED) is 0.0920. The van der Waals surface area contributed by atoms with Gasteiger partial charge in [0.15, 0.2) is 11.6 Å². The molecule has 4 aliphatic rings. The molecule has 6 aromatic carbocycles. The molecule has 12 rings (SSSR count). The lowest BCUT2D eigenvalue weighted by molar-refractivity contribution is -0.0208. The van der Waals surface area contributed by atoms with Crippen LogP contribution in [0.1, 0.15) is 81.8 Å². The molecule has 0 N–H and O–H groups in total. The van der Waals surface area contributed by atoms with Crippen molar-refractivity contribution in [3.8, 4) is 11.4 Å². The number of tetrazole rings is 2. The highest BCUT2D eigenvalue weighted by atomic mass is 15.6. The molecule has 0 atom stereocenters. The molecule has 14 heteroatoms. The molecule has 424 valence electrons. The summed E-state index contributed by atoms with van der Waals surface area (Å²) in [6.07, 6.45) is 13.1. The molecule has 0 saturated carbocycles. The number of likely N-dealkylation sites (tertiary alicyclic amines) is 2. The Morgan fingerprint density at radius 2 is 0.695 bits per heavy atom. The van der Waals surface area contributed by atoms with Crippen LogP contribution in [0, 0.1) is 27.7 Å². The number of hydrogen-bond acceptors (Lipinski definition) is 12. The third-order valence-electron chi connectivity index (χ3n) is 17.8. The Labute approximate surface area is 486 Å². The molecule has 4 saturated heterocycles. The Hall–Kier alpha value is -7.30. The maximum atomic E-state index is 4.77. The predicted octanol–water partition coefficient (Wildman–Crippen LogP) is 10.2. The Morgan fingerprint density at radius 1 is 0.366 bits per heavy atom. The number of aromatic nitrogens is 8. The molecule has 0 bridgehead atoms.